The Bertz CT molecular complexity index is 417. The average molecular weight is 251 g/mol. The van der Waals surface area contributed by atoms with E-state index >= 15 is 0 Å². The third-order valence-corrected chi connectivity index (χ3v) is 2.07. The Hall–Kier alpha value is -1.53. The largest absolute Gasteiger partial charge is 0.564 e. The van der Waals surface area contributed by atoms with Crippen LogP contribution in [0, 0.1) is 0 Å². The molecule has 0 saturated heterocycles. The van der Waals surface area contributed by atoms with Crippen LogP contribution in [-0.2, 0) is 15.9 Å². The fourth-order valence-corrected chi connectivity index (χ4v) is 1.31. The van der Waals surface area contributed by atoms with Crippen molar-refractivity contribution in [1.82, 2.24) is 0 Å². The van der Waals surface area contributed by atoms with Crippen LogP contribution in [0.1, 0.15) is 26.3 Å². The van der Waals surface area contributed by atoms with E-state index in [0.717, 1.165) is 5.56 Å². The highest BCUT2D eigenvalue weighted by Gasteiger charge is 2.25. The van der Waals surface area contributed by atoms with Gasteiger partial charge in [0.25, 0.3) is 0 Å². The number of carbonyl (C=O) groups is 1. The van der Waals surface area contributed by atoms with Gasteiger partial charge in [0, 0.05) is 6.54 Å². The second kappa shape index (κ2) is 5.88. The summed E-state index contributed by atoms with van der Waals surface area (Å²) in [7, 11) is -1.36. The van der Waals surface area contributed by atoms with Gasteiger partial charge in [0.1, 0.15) is 5.60 Å². The normalized spacial score (nSPS) is 10.9. The lowest BCUT2D eigenvalue weighted by molar-refractivity contribution is 0.0174. The van der Waals surface area contributed by atoms with Crippen LogP contribution in [0.2, 0.25) is 0 Å². The van der Waals surface area contributed by atoms with E-state index in [1.165, 1.54) is 0 Å². The Morgan fingerprint density at radius 1 is 1.44 bits per heavy atom. The third-order valence-electron chi connectivity index (χ3n) is 2.07. The summed E-state index contributed by atoms with van der Waals surface area (Å²) in [5, 5.41) is 9.74. The number of carbonyl (C=O) groups excluding carboxylic acids is 1. The zero-order valence-corrected chi connectivity index (χ0v) is 10.8. The van der Waals surface area contributed by atoms with Crippen molar-refractivity contribution in [1.29, 1.82) is 0 Å². The molecule has 3 N–H and O–H groups in total. The number of ether oxygens (including phenoxy) is 1. The summed E-state index contributed by atoms with van der Waals surface area (Å²) < 4.78 is 9.71. The molecule has 0 aliphatic carbocycles. The molecule has 6 heteroatoms. The second-order valence-electron chi connectivity index (χ2n) is 4.88. The summed E-state index contributed by atoms with van der Waals surface area (Å²) in [6.07, 6.45) is -0.909. The van der Waals surface area contributed by atoms with Gasteiger partial charge in [0.15, 0.2) is 0 Å². The molecule has 0 aliphatic heterocycles. The summed E-state index contributed by atoms with van der Waals surface area (Å²) in [4.78, 5) is 11.4. The quantitative estimate of drug-likeness (QED) is 0.613. The van der Waals surface area contributed by atoms with E-state index in [1.54, 1.807) is 39.0 Å². The van der Waals surface area contributed by atoms with Gasteiger partial charge in [-0.2, -0.15) is 0 Å². The van der Waals surface area contributed by atoms with Crippen LogP contribution in [0.5, 0.6) is 0 Å². The van der Waals surface area contributed by atoms with E-state index in [9.17, 15) is 9.82 Å². The molecular formula is C12H18BNO4. The van der Waals surface area contributed by atoms with Crippen molar-refractivity contribution in [2.24, 2.45) is 5.73 Å². The first-order chi connectivity index (χ1) is 8.31. The fraction of sp³-hybridized carbons (Fsp3) is 0.417. The Morgan fingerprint density at radius 2 is 2.11 bits per heavy atom. The molecule has 1 rings (SSSR count). The van der Waals surface area contributed by atoms with Gasteiger partial charge in [-0.15, -0.1) is 0 Å². The van der Waals surface area contributed by atoms with Gasteiger partial charge in [-0.1, -0.05) is 24.3 Å². The molecule has 1 aromatic rings. The van der Waals surface area contributed by atoms with E-state index in [-0.39, 0.29) is 0 Å². The average Bonchev–Trinajstić information content (AvgIpc) is 2.26. The molecule has 0 saturated carbocycles. The molecule has 0 heterocycles. The van der Waals surface area contributed by atoms with Crippen molar-refractivity contribution in [2.75, 3.05) is 0 Å². The predicted molar refractivity (Wildman–Crippen MR) is 69.3 cm³/mol. The van der Waals surface area contributed by atoms with Crippen molar-refractivity contribution in [3.63, 3.8) is 0 Å². The van der Waals surface area contributed by atoms with Gasteiger partial charge in [0.05, 0.1) is 0 Å². The van der Waals surface area contributed by atoms with Gasteiger partial charge in [-0.25, -0.2) is 4.79 Å². The van der Waals surface area contributed by atoms with Crippen molar-refractivity contribution >= 4 is 18.7 Å². The topological polar surface area (TPSA) is 81.8 Å². The molecular weight excluding hydrogens is 233 g/mol. The number of hydrogen-bond acceptors (Lipinski definition) is 5. The Kier molecular flexibility index (Phi) is 4.75. The maximum Gasteiger partial charge on any atom is 0.564 e. The molecule has 18 heavy (non-hydrogen) atoms. The minimum absolute atomic E-state index is 0.354. The first kappa shape index (κ1) is 14.5. The van der Waals surface area contributed by atoms with Crippen molar-refractivity contribution in [2.45, 2.75) is 32.9 Å². The van der Waals surface area contributed by atoms with Crippen molar-refractivity contribution < 1.29 is 19.2 Å². The van der Waals surface area contributed by atoms with Gasteiger partial charge >= 0.3 is 13.3 Å². The highest BCUT2D eigenvalue weighted by Crippen LogP contribution is 2.08. The molecule has 0 spiro atoms. The summed E-state index contributed by atoms with van der Waals surface area (Å²) >= 11 is 0. The minimum atomic E-state index is -1.36. The molecule has 0 amide bonds. The number of benzene rings is 1. The Labute approximate surface area is 107 Å². The summed E-state index contributed by atoms with van der Waals surface area (Å²) in [5.41, 5.74) is 6.14. The Balaban J connectivity index is 2.64. The van der Waals surface area contributed by atoms with E-state index in [0.29, 0.717) is 12.0 Å². The van der Waals surface area contributed by atoms with E-state index in [2.05, 4.69) is 0 Å². The van der Waals surface area contributed by atoms with Crippen LogP contribution in [0.15, 0.2) is 24.3 Å². The van der Waals surface area contributed by atoms with Crippen LogP contribution < -0.4 is 11.2 Å². The summed E-state index contributed by atoms with van der Waals surface area (Å²) in [6.45, 7) is 5.51. The van der Waals surface area contributed by atoms with Gasteiger partial charge in [0.2, 0.25) is 0 Å². The molecule has 0 bridgehead atoms. The molecule has 0 fully saturated rings. The van der Waals surface area contributed by atoms with Crippen LogP contribution in [0.25, 0.3) is 0 Å². The van der Waals surface area contributed by atoms with Gasteiger partial charge in [-0.05, 0) is 31.8 Å². The molecule has 0 unspecified atom stereocenters. The lowest BCUT2D eigenvalue weighted by Gasteiger charge is -2.19. The van der Waals surface area contributed by atoms with Gasteiger partial charge < -0.3 is 20.1 Å². The first-order valence-electron chi connectivity index (χ1n) is 5.68. The van der Waals surface area contributed by atoms with E-state index in [4.69, 9.17) is 15.1 Å². The highest BCUT2D eigenvalue weighted by atomic mass is 16.7. The summed E-state index contributed by atoms with van der Waals surface area (Å²) in [6, 6.07) is 6.88. The fourth-order valence-electron chi connectivity index (χ4n) is 1.31. The summed E-state index contributed by atoms with van der Waals surface area (Å²) in [5.74, 6) is 0. The number of hydrogen-bond donors (Lipinski definition) is 2. The van der Waals surface area contributed by atoms with E-state index in [1.807, 2.05) is 6.07 Å². The molecule has 0 radical (unpaired) electrons. The molecule has 1 aromatic carbocycles. The first-order valence-corrected chi connectivity index (χ1v) is 5.68. The molecule has 0 aliphatic rings. The zero-order valence-electron chi connectivity index (χ0n) is 10.8. The van der Waals surface area contributed by atoms with Crippen LogP contribution in [0.3, 0.4) is 0 Å². The molecule has 5 nitrogen and oxygen atoms in total. The minimum Gasteiger partial charge on any atom is -0.473 e. The number of nitrogens with two attached hydrogens (primary N) is 1. The maximum absolute atomic E-state index is 11.4. The zero-order chi connectivity index (χ0) is 13.8. The molecule has 0 atom stereocenters. The second-order valence-corrected chi connectivity index (χ2v) is 4.88. The van der Waals surface area contributed by atoms with E-state index < -0.39 is 18.9 Å². The number of rotatable bonds is 3. The molecule has 98 valence electrons. The van der Waals surface area contributed by atoms with Crippen molar-refractivity contribution in [3.8, 4) is 0 Å². The van der Waals surface area contributed by atoms with Crippen LogP contribution in [-0.4, -0.2) is 23.9 Å². The predicted octanol–water partition coefficient (Wildman–Crippen LogP) is 0.785. The smallest absolute Gasteiger partial charge is 0.473 e. The standard InChI is InChI=1S/C12H18BNO4/c1-12(2,3)17-11(15)18-13(16)10-6-4-5-9(7-10)8-14/h4-7,16H,8,14H2,1-3H3. The highest BCUT2D eigenvalue weighted by molar-refractivity contribution is 6.61. The van der Waals surface area contributed by atoms with Crippen molar-refractivity contribution in [3.05, 3.63) is 29.8 Å². The molecule has 0 aromatic heterocycles. The Morgan fingerprint density at radius 3 is 2.67 bits per heavy atom. The van der Waals surface area contributed by atoms with Crippen LogP contribution in [0.4, 0.5) is 4.79 Å². The maximum atomic E-state index is 11.4. The third kappa shape index (κ3) is 4.77. The SMILES string of the molecule is CC(C)(C)OC(=O)OB(O)c1cccc(CN)c1. The lowest BCUT2D eigenvalue weighted by atomic mass is 9.79. The van der Waals surface area contributed by atoms with Crippen LogP contribution >= 0.6 is 0 Å². The van der Waals surface area contributed by atoms with Gasteiger partial charge in [-0.3, -0.25) is 0 Å². The monoisotopic (exact) mass is 251 g/mol. The lowest BCUT2D eigenvalue weighted by Crippen LogP contribution is -2.38.